The van der Waals surface area contributed by atoms with Gasteiger partial charge in [0.2, 0.25) is 0 Å². The summed E-state index contributed by atoms with van der Waals surface area (Å²) in [5, 5.41) is -3.56. The minimum atomic E-state index is -6.71. The molecule has 0 spiro atoms. The van der Waals surface area contributed by atoms with E-state index in [1.165, 1.54) is 0 Å². The Morgan fingerprint density at radius 3 is 1.27 bits per heavy atom. The van der Waals surface area contributed by atoms with Gasteiger partial charge < -0.3 is 0 Å². The molecule has 0 N–H and O–H groups in total. The molecule has 1 unspecified atom stereocenters. The average molecular weight is 379 g/mol. The molecule has 0 saturated heterocycles. The van der Waals surface area contributed by atoms with Crippen LogP contribution in [0.5, 0.6) is 0 Å². The van der Waals surface area contributed by atoms with Crippen molar-refractivity contribution in [3.63, 3.8) is 0 Å². The van der Waals surface area contributed by atoms with Crippen LogP contribution in [0.3, 0.4) is 0 Å². The molecular weight excluding hydrogens is 374 g/mol. The largest absolute Gasteiger partial charge is 0.413 e. The molecule has 0 fully saturated rings. The summed E-state index contributed by atoms with van der Waals surface area (Å²) in [6, 6.07) is 2.80. The number of alkyl halides is 10. The molecule has 126 valence electrons. The van der Waals surface area contributed by atoms with Gasteiger partial charge in [-0.15, -0.1) is 11.6 Å². The third kappa shape index (κ3) is 2.97. The van der Waals surface area contributed by atoms with Gasteiger partial charge in [-0.2, -0.15) is 39.5 Å². The van der Waals surface area contributed by atoms with E-state index in [-0.39, 0.29) is 5.02 Å². The highest BCUT2D eigenvalue weighted by Crippen LogP contribution is 2.66. The van der Waals surface area contributed by atoms with Gasteiger partial charge in [-0.3, -0.25) is 0 Å². The van der Waals surface area contributed by atoms with Crippen molar-refractivity contribution in [3.8, 4) is 0 Å². The topological polar surface area (TPSA) is 0 Å². The number of halogens is 11. The van der Waals surface area contributed by atoms with Gasteiger partial charge in [-0.1, -0.05) is 23.7 Å². The lowest BCUT2D eigenvalue weighted by molar-refractivity contribution is -0.428. The first-order valence-corrected chi connectivity index (χ1v) is 6.07. The highest BCUT2D eigenvalue weighted by molar-refractivity contribution is 6.30. The summed E-state index contributed by atoms with van der Waals surface area (Å²) in [5.74, 6) is 0. The lowest BCUT2D eigenvalue weighted by Gasteiger charge is -2.41. The molecule has 0 bridgehead atoms. The molecule has 0 saturated carbocycles. The maximum atomic E-state index is 12.8. The van der Waals surface area contributed by atoms with E-state index in [2.05, 4.69) is 0 Å². The zero-order valence-electron chi connectivity index (χ0n) is 10.0. The second kappa shape index (κ2) is 5.67. The van der Waals surface area contributed by atoms with Crippen LogP contribution in [0.25, 0.3) is 0 Å². The minimum absolute atomic E-state index is 0.0933. The summed E-state index contributed by atoms with van der Waals surface area (Å²) in [5.41, 5.74) is -7.12. The Kier molecular flexibility index (Phi) is 4.95. The van der Waals surface area contributed by atoms with E-state index in [0.29, 0.717) is 12.1 Å². The lowest BCUT2D eigenvalue weighted by Crippen LogP contribution is -2.61. The van der Waals surface area contributed by atoms with Crippen LogP contribution < -0.4 is 0 Å². The zero-order chi connectivity index (χ0) is 17.6. The second-order valence-corrected chi connectivity index (χ2v) is 5.09. The summed E-state index contributed by atoms with van der Waals surface area (Å²) in [4.78, 5) is 0. The van der Waals surface area contributed by atoms with Crippen molar-refractivity contribution in [2.45, 2.75) is 23.9 Å². The molecule has 1 rings (SSSR count). The highest BCUT2D eigenvalue weighted by Gasteiger charge is 2.86. The fourth-order valence-electron chi connectivity index (χ4n) is 1.79. The van der Waals surface area contributed by atoms with E-state index < -0.39 is 34.9 Å². The van der Waals surface area contributed by atoms with Crippen molar-refractivity contribution in [3.05, 3.63) is 34.9 Å². The van der Waals surface area contributed by atoms with E-state index in [0.717, 1.165) is 12.1 Å². The summed E-state index contributed by atoms with van der Waals surface area (Å²) >= 11 is 10.4. The van der Waals surface area contributed by atoms with E-state index in [4.69, 9.17) is 23.2 Å². The van der Waals surface area contributed by atoms with Gasteiger partial charge in [-0.25, -0.2) is 0 Å². The third-order valence-corrected chi connectivity index (χ3v) is 3.72. The molecule has 1 aromatic carbocycles. The molecule has 11 heteroatoms. The first kappa shape index (κ1) is 19.2. The number of hydrogen-bond donors (Lipinski definition) is 0. The number of rotatable bonds is 2. The van der Waals surface area contributed by atoms with Crippen LogP contribution in [0.15, 0.2) is 24.3 Å². The number of benzene rings is 1. The Hall–Kier alpha value is -0.830. The Morgan fingerprint density at radius 2 is 1.00 bits per heavy atom. The fourth-order valence-corrected chi connectivity index (χ4v) is 2.44. The van der Waals surface area contributed by atoms with Crippen LogP contribution in [0.2, 0.25) is 5.02 Å². The molecule has 0 radical (unpaired) electrons. The van der Waals surface area contributed by atoms with Crippen molar-refractivity contribution >= 4 is 23.2 Å². The van der Waals surface area contributed by atoms with Crippen LogP contribution in [0, 0.1) is 5.41 Å². The van der Waals surface area contributed by atoms with Gasteiger partial charge in [0.05, 0.1) is 5.38 Å². The van der Waals surface area contributed by atoms with E-state index in [9.17, 15) is 39.5 Å². The molecule has 0 aliphatic heterocycles. The summed E-state index contributed by atoms with van der Waals surface area (Å²) in [6.45, 7) is 0. The van der Waals surface area contributed by atoms with Gasteiger partial charge in [0.15, 0.2) is 0 Å². The monoisotopic (exact) mass is 378 g/mol. The van der Waals surface area contributed by atoms with Gasteiger partial charge in [0.1, 0.15) is 0 Å². The first-order valence-electron chi connectivity index (χ1n) is 5.26. The lowest BCUT2D eigenvalue weighted by atomic mass is 9.78. The van der Waals surface area contributed by atoms with Crippen LogP contribution in [0.1, 0.15) is 10.9 Å². The van der Waals surface area contributed by atoms with Crippen LogP contribution in [0.4, 0.5) is 39.5 Å². The summed E-state index contributed by atoms with van der Waals surface area (Å²) in [6.07, 6.45) is -20.1. The molecule has 1 aromatic rings. The van der Waals surface area contributed by atoms with Gasteiger partial charge >= 0.3 is 18.5 Å². The van der Waals surface area contributed by atoms with Crippen LogP contribution >= 0.6 is 23.2 Å². The Morgan fingerprint density at radius 1 is 0.682 bits per heavy atom. The zero-order valence-corrected chi connectivity index (χ0v) is 11.6. The SMILES string of the molecule is FC(F)(F)C(C(Cl)c1ccc(Cl)cc1)(C(F)(F)F)C(F)(F)F. The molecule has 0 heterocycles. The summed E-state index contributed by atoms with van der Waals surface area (Å²) in [7, 11) is 0. The van der Waals surface area contributed by atoms with Crippen molar-refractivity contribution in [2.24, 2.45) is 5.41 Å². The van der Waals surface area contributed by atoms with Crippen LogP contribution in [-0.4, -0.2) is 18.5 Å². The van der Waals surface area contributed by atoms with E-state index in [1.807, 2.05) is 0 Å². The van der Waals surface area contributed by atoms with Gasteiger partial charge in [0, 0.05) is 5.02 Å². The summed E-state index contributed by atoms with van der Waals surface area (Å²) < 4.78 is 115. The van der Waals surface area contributed by atoms with Crippen molar-refractivity contribution < 1.29 is 39.5 Å². The standard InChI is InChI=1S/C11H5Cl2F9/c12-6-3-1-5(2-4-6)7(13)8(9(14,15)16,10(17,18)19)11(20,21)22/h1-4,7H. The Labute approximate surface area is 127 Å². The maximum absolute atomic E-state index is 12.8. The van der Waals surface area contributed by atoms with Gasteiger partial charge in [-0.05, 0) is 17.7 Å². The maximum Gasteiger partial charge on any atom is 0.413 e. The third-order valence-electron chi connectivity index (χ3n) is 2.88. The minimum Gasteiger partial charge on any atom is -0.170 e. The molecule has 22 heavy (non-hydrogen) atoms. The quantitative estimate of drug-likeness (QED) is 0.418. The predicted octanol–water partition coefficient (Wildman–Crippen LogP) is 6.29. The smallest absolute Gasteiger partial charge is 0.170 e. The Balaban J connectivity index is 3.66. The molecule has 0 aromatic heterocycles. The van der Waals surface area contributed by atoms with E-state index in [1.54, 1.807) is 0 Å². The predicted molar refractivity (Wildman–Crippen MR) is 60.6 cm³/mol. The van der Waals surface area contributed by atoms with Crippen molar-refractivity contribution in [1.29, 1.82) is 0 Å². The normalized spacial score (nSPS) is 15.8. The second-order valence-electron chi connectivity index (χ2n) is 4.22. The number of hydrogen-bond acceptors (Lipinski definition) is 0. The average Bonchev–Trinajstić information content (AvgIpc) is 2.23. The highest BCUT2D eigenvalue weighted by atomic mass is 35.5. The molecular formula is C11H5Cl2F9. The van der Waals surface area contributed by atoms with Crippen molar-refractivity contribution in [2.75, 3.05) is 0 Å². The first-order chi connectivity index (χ1) is 9.66. The molecule has 1 atom stereocenters. The van der Waals surface area contributed by atoms with E-state index >= 15 is 0 Å². The molecule has 0 amide bonds. The fraction of sp³-hybridized carbons (Fsp3) is 0.455. The van der Waals surface area contributed by atoms with Crippen LogP contribution in [-0.2, 0) is 0 Å². The molecule has 0 aliphatic rings. The van der Waals surface area contributed by atoms with Crippen molar-refractivity contribution in [1.82, 2.24) is 0 Å². The Bertz CT molecular complexity index is 476. The molecule has 0 aliphatic carbocycles. The van der Waals surface area contributed by atoms with Gasteiger partial charge in [0.25, 0.3) is 5.41 Å². The molecule has 0 nitrogen and oxygen atoms in total.